The lowest BCUT2D eigenvalue weighted by Crippen LogP contribution is -2.53. The molecule has 1 aromatic heterocycles. The van der Waals surface area contributed by atoms with E-state index < -0.39 is 22.1 Å². The number of aromatic nitrogens is 2. The van der Waals surface area contributed by atoms with Crippen LogP contribution in [0.2, 0.25) is 0 Å². The van der Waals surface area contributed by atoms with Crippen LogP contribution in [0.1, 0.15) is 32.6 Å². The van der Waals surface area contributed by atoms with Gasteiger partial charge in [0.1, 0.15) is 6.10 Å². The Bertz CT molecular complexity index is 2010. The summed E-state index contributed by atoms with van der Waals surface area (Å²) in [6.07, 6.45) is 0.121. The van der Waals surface area contributed by atoms with Crippen LogP contribution in [0.15, 0.2) is 114 Å². The number of halogens is 1. The van der Waals surface area contributed by atoms with Crippen LogP contribution in [0.3, 0.4) is 0 Å². The summed E-state index contributed by atoms with van der Waals surface area (Å²) in [5.41, 5.74) is 5.30. The third-order valence-corrected chi connectivity index (χ3v) is 9.87. The van der Waals surface area contributed by atoms with Crippen LogP contribution < -0.4 is 9.46 Å². The predicted octanol–water partition coefficient (Wildman–Crippen LogP) is 6.57. The monoisotopic (exact) mass is 714 g/mol. The molecule has 0 saturated carbocycles. The number of benzene rings is 4. The number of aryl methyl sites for hydroxylation is 2. The molecule has 6 rings (SSSR count). The SMILES string of the molecule is Cc1cccc(C)c1-c1cc(OC(Cc2ccccc2)[C@H]2COCCN2Cc2ccccc2)nc(NS(=O)(=O)c2cccc(C(=O)O)c2)n1.Cl. The number of nitrogens with one attached hydrogen (secondary N) is 1. The summed E-state index contributed by atoms with van der Waals surface area (Å²) in [5.74, 6) is -1.25. The number of rotatable bonds is 12. The molecule has 1 unspecified atom stereocenters. The van der Waals surface area contributed by atoms with Crippen molar-refractivity contribution in [1.29, 1.82) is 0 Å². The highest BCUT2D eigenvalue weighted by Crippen LogP contribution is 2.31. The third kappa shape index (κ3) is 8.85. The third-order valence-electron chi connectivity index (χ3n) is 8.55. The van der Waals surface area contributed by atoms with Gasteiger partial charge in [0.05, 0.1) is 35.4 Å². The quantitative estimate of drug-likeness (QED) is 0.147. The molecule has 1 aliphatic rings. The maximum absolute atomic E-state index is 13.5. The second kappa shape index (κ2) is 16.3. The maximum Gasteiger partial charge on any atom is 0.335 e. The Hall–Kier alpha value is -4.81. The first-order valence-electron chi connectivity index (χ1n) is 16.0. The molecule has 260 valence electrons. The van der Waals surface area contributed by atoms with Crippen LogP contribution in [-0.4, -0.2) is 66.3 Å². The fourth-order valence-electron chi connectivity index (χ4n) is 6.12. The number of sulfonamides is 1. The lowest BCUT2D eigenvalue weighted by Gasteiger charge is -2.40. The summed E-state index contributed by atoms with van der Waals surface area (Å²) in [5, 5.41) is 9.45. The number of carbonyl (C=O) groups is 1. The summed E-state index contributed by atoms with van der Waals surface area (Å²) in [6.45, 7) is 6.39. The van der Waals surface area contributed by atoms with E-state index in [0.29, 0.717) is 38.4 Å². The molecule has 0 aliphatic carbocycles. The number of morpholine rings is 1. The summed E-state index contributed by atoms with van der Waals surface area (Å²) in [6, 6.07) is 32.9. The Morgan fingerprint density at radius 3 is 2.26 bits per heavy atom. The fraction of sp³-hybridized carbons (Fsp3) is 0.237. The minimum atomic E-state index is -4.27. The molecular weight excluding hydrogens is 676 g/mol. The zero-order valence-corrected chi connectivity index (χ0v) is 29.4. The normalized spacial score (nSPS) is 15.4. The molecule has 0 bridgehead atoms. The highest BCUT2D eigenvalue weighted by molar-refractivity contribution is 7.92. The summed E-state index contributed by atoms with van der Waals surface area (Å²) >= 11 is 0. The molecule has 10 nitrogen and oxygen atoms in total. The maximum atomic E-state index is 13.5. The number of nitrogens with zero attached hydrogens (tertiary/aromatic N) is 3. The Kier molecular flexibility index (Phi) is 11.9. The van der Waals surface area contributed by atoms with E-state index in [2.05, 4.69) is 43.9 Å². The minimum Gasteiger partial charge on any atom is -0.478 e. The van der Waals surface area contributed by atoms with Gasteiger partial charge in [-0.1, -0.05) is 84.9 Å². The first-order chi connectivity index (χ1) is 23.7. The van der Waals surface area contributed by atoms with Crippen molar-refractivity contribution in [2.45, 2.75) is 43.9 Å². The molecule has 0 radical (unpaired) electrons. The van der Waals surface area contributed by atoms with Gasteiger partial charge in [-0.05, 0) is 54.3 Å². The molecule has 0 spiro atoms. The lowest BCUT2D eigenvalue weighted by molar-refractivity contribution is -0.0554. The van der Waals surface area contributed by atoms with Crippen molar-refractivity contribution in [2.24, 2.45) is 0 Å². The van der Waals surface area contributed by atoms with Gasteiger partial charge in [0.15, 0.2) is 0 Å². The van der Waals surface area contributed by atoms with Gasteiger partial charge >= 0.3 is 5.97 Å². The van der Waals surface area contributed by atoms with E-state index in [-0.39, 0.29) is 40.7 Å². The molecule has 1 saturated heterocycles. The van der Waals surface area contributed by atoms with Crippen LogP contribution >= 0.6 is 12.4 Å². The highest BCUT2D eigenvalue weighted by Gasteiger charge is 2.33. The van der Waals surface area contributed by atoms with Gasteiger partial charge in [-0.2, -0.15) is 4.98 Å². The van der Waals surface area contributed by atoms with Crippen molar-refractivity contribution in [3.8, 4) is 17.1 Å². The van der Waals surface area contributed by atoms with E-state index in [9.17, 15) is 18.3 Å². The Morgan fingerprint density at radius 2 is 1.58 bits per heavy atom. The highest BCUT2D eigenvalue weighted by atomic mass is 35.5. The van der Waals surface area contributed by atoms with Gasteiger partial charge in [-0.3, -0.25) is 4.90 Å². The van der Waals surface area contributed by atoms with Crippen molar-refractivity contribution in [3.05, 3.63) is 137 Å². The average Bonchev–Trinajstić information content (AvgIpc) is 3.09. The second-order valence-electron chi connectivity index (χ2n) is 12.1. The van der Waals surface area contributed by atoms with E-state index in [1.54, 1.807) is 6.07 Å². The largest absolute Gasteiger partial charge is 0.478 e. The van der Waals surface area contributed by atoms with E-state index in [4.69, 9.17) is 9.47 Å². The molecule has 1 aliphatic heterocycles. The molecule has 1 fully saturated rings. The first-order valence-corrected chi connectivity index (χ1v) is 17.5. The van der Waals surface area contributed by atoms with Crippen molar-refractivity contribution >= 4 is 34.3 Å². The average molecular weight is 715 g/mol. The Balaban J connectivity index is 0.00000486. The Morgan fingerprint density at radius 1 is 0.920 bits per heavy atom. The number of hydrogen-bond donors (Lipinski definition) is 2. The molecule has 2 atom stereocenters. The molecule has 2 N–H and O–H groups in total. The van der Waals surface area contributed by atoms with Crippen molar-refractivity contribution in [2.75, 3.05) is 24.5 Å². The lowest BCUT2D eigenvalue weighted by atomic mass is 9.99. The fourth-order valence-corrected chi connectivity index (χ4v) is 7.11. The van der Waals surface area contributed by atoms with Crippen LogP contribution in [0, 0.1) is 13.8 Å². The van der Waals surface area contributed by atoms with Crippen molar-refractivity contribution in [1.82, 2.24) is 14.9 Å². The van der Waals surface area contributed by atoms with E-state index >= 15 is 0 Å². The standard InChI is InChI=1S/C38H38N4O6S.ClH/c1-26-11-9-12-27(2)36(26)32-23-35(40-38(39-32)41-49(45,46)31-18-10-17-30(22-31)37(43)44)48-34(21-28-13-5-3-6-14-28)33-25-47-20-19-42(33)24-29-15-7-4-8-16-29;/h3-18,22-23,33-34H,19-21,24-25H2,1-2H3,(H,43,44)(H,39,40,41);1H/t33-,34?;/m1./s1. The van der Waals surface area contributed by atoms with Crippen LogP contribution in [0.25, 0.3) is 11.3 Å². The molecule has 0 amide bonds. The number of anilines is 1. The summed E-state index contributed by atoms with van der Waals surface area (Å²) < 4.78 is 42.4. The van der Waals surface area contributed by atoms with Crippen molar-refractivity contribution < 1.29 is 27.8 Å². The first kappa shape index (κ1) is 36.5. The van der Waals surface area contributed by atoms with E-state index in [1.807, 2.05) is 68.4 Å². The number of carboxylic acid groups (broad SMARTS) is 1. The van der Waals surface area contributed by atoms with Gasteiger partial charge in [-0.25, -0.2) is 22.9 Å². The molecule has 12 heteroatoms. The van der Waals surface area contributed by atoms with E-state index in [0.717, 1.165) is 28.3 Å². The van der Waals surface area contributed by atoms with E-state index in [1.165, 1.54) is 23.8 Å². The van der Waals surface area contributed by atoms with Gasteiger partial charge < -0.3 is 14.6 Å². The number of aromatic carboxylic acids is 1. The van der Waals surface area contributed by atoms with Gasteiger partial charge in [0.2, 0.25) is 11.8 Å². The van der Waals surface area contributed by atoms with Gasteiger partial charge in [-0.15, -0.1) is 12.4 Å². The molecule has 4 aromatic carbocycles. The minimum absolute atomic E-state index is 0. The molecule has 50 heavy (non-hydrogen) atoms. The van der Waals surface area contributed by atoms with Gasteiger partial charge in [0.25, 0.3) is 10.0 Å². The second-order valence-corrected chi connectivity index (χ2v) is 13.7. The number of hydrogen-bond acceptors (Lipinski definition) is 8. The molecule has 5 aromatic rings. The van der Waals surface area contributed by atoms with Crippen molar-refractivity contribution in [3.63, 3.8) is 0 Å². The molecule has 2 heterocycles. The summed E-state index contributed by atoms with van der Waals surface area (Å²) in [7, 11) is -4.27. The topological polar surface area (TPSA) is 131 Å². The van der Waals surface area contributed by atoms with Gasteiger partial charge in [0, 0.05) is 31.1 Å². The summed E-state index contributed by atoms with van der Waals surface area (Å²) in [4.78, 5) is 22.9. The van der Waals surface area contributed by atoms with Crippen LogP contribution in [-0.2, 0) is 27.7 Å². The number of ether oxygens (including phenoxy) is 2. The Labute approximate surface area is 298 Å². The molecular formula is C38H39ClN4O6S. The van der Waals surface area contributed by atoms with Crippen LogP contribution in [0.5, 0.6) is 5.88 Å². The predicted molar refractivity (Wildman–Crippen MR) is 194 cm³/mol. The zero-order valence-electron chi connectivity index (χ0n) is 27.7. The number of carboxylic acids is 1. The van der Waals surface area contributed by atoms with Crippen LogP contribution in [0.4, 0.5) is 5.95 Å². The zero-order chi connectivity index (χ0) is 34.4. The smallest absolute Gasteiger partial charge is 0.335 e.